The minimum atomic E-state index is 0.0105. The van der Waals surface area contributed by atoms with Crippen molar-refractivity contribution in [3.8, 4) is 22.7 Å². The van der Waals surface area contributed by atoms with Crippen LogP contribution >= 0.6 is 0 Å². The number of ether oxygens (including phenoxy) is 2. The van der Waals surface area contributed by atoms with Crippen molar-refractivity contribution in [3.63, 3.8) is 0 Å². The van der Waals surface area contributed by atoms with Gasteiger partial charge in [0.1, 0.15) is 17.1 Å². The van der Waals surface area contributed by atoms with Gasteiger partial charge in [-0.1, -0.05) is 17.3 Å². The summed E-state index contributed by atoms with van der Waals surface area (Å²) in [6.07, 6.45) is 1.67. The van der Waals surface area contributed by atoms with Crippen LogP contribution in [0.2, 0.25) is 0 Å². The lowest BCUT2D eigenvalue weighted by Crippen LogP contribution is -2.06. The molecule has 3 rings (SSSR count). The van der Waals surface area contributed by atoms with Gasteiger partial charge < -0.3 is 14.6 Å². The maximum absolute atomic E-state index is 10.2. The molecule has 0 saturated heterocycles. The molecule has 1 aromatic heterocycles. The number of hydrogen-bond donors (Lipinski definition) is 3. The number of hydrogen-bond acceptors (Lipinski definition) is 7. The number of aromatic nitrogens is 3. The molecule has 0 atom stereocenters. The molecule has 8 heteroatoms. The van der Waals surface area contributed by atoms with Gasteiger partial charge in [-0.3, -0.25) is 10.8 Å². The van der Waals surface area contributed by atoms with E-state index < -0.39 is 0 Å². The van der Waals surface area contributed by atoms with Crippen molar-refractivity contribution in [2.75, 3.05) is 13.2 Å². The van der Waals surface area contributed by atoms with Crippen LogP contribution in [0, 0.1) is 10.8 Å². The summed E-state index contributed by atoms with van der Waals surface area (Å²) in [5, 5.41) is 34.3. The average Bonchev–Trinajstić information content (AvgIpc) is 3.19. The molecule has 0 fully saturated rings. The molecule has 144 valence electrons. The van der Waals surface area contributed by atoms with Crippen molar-refractivity contribution < 1.29 is 14.6 Å². The van der Waals surface area contributed by atoms with Crippen LogP contribution in [0.5, 0.6) is 5.75 Å². The fourth-order valence-electron chi connectivity index (χ4n) is 2.64. The molecule has 0 spiro atoms. The summed E-state index contributed by atoms with van der Waals surface area (Å²) in [5.41, 5.74) is 2.91. The molecule has 0 aliphatic heterocycles. The van der Waals surface area contributed by atoms with E-state index in [9.17, 15) is 5.11 Å². The van der Waals surface area contributed by atoms with E-state index in [2.05, 4.69) is 10.3 Å². The second kappa shape index (κ2) is 8.34. The second-order valence-corrected chi connectivity index (χ2v) is 5.86. The lowest BCUT2D eigenvalue weighted by molar-refractivity contribution is 0.325. The Kier molecular flexibility index (Phi) is 5.69. The van der Waals surface area contributed by atoms with E-state index >= 15 is 0 Å². The van der Waals surface area contributed by atoms with Crippen LogP contribution in [0.1, 0.15) is 25.0 Å². The van der Waals surface area contributed by atoms with E-state index in [1.54, 1.807) is 37.4 Å². The topological polar surface area (TPSA) is 117 Å². The predicted octanol–water partition coefficient (Wildman–Crippen LogP) is 3.36. The van der Waals surface area contributed by atoms with Crippen LogP contribution in [0.4, 0.5) is 0 Å². The van der Waals surface area contributed by atoms with E-state index in [0.717, 1.165) is 5.56 Å². The van der Waals surface area contributed by atoms with Crippen molar-refractivity contribution >= 4 is 11.8 Å². The SMILES string of the molecule is CCOC(=N)c1cccc(-c2cn(-c3cc(C(=N)OCC)ccc3O)nn2)c1. The fraction of sp³-hybridized carbons (Fsp3) is 0.200. The smallest absolute Gasteiger partial charge is 0.213 e. The van der Waals surface area contributed by atoms with E-state index in [0.29, 0.717) is 35.7 Å². The van der Waals surface area contributed by atoms with Crippen molar-refractivity contribution in [3.05, 3.63) is 59.8 Å². The third-order valence-electron chi connectivity index (χ3n) is 3.98. The molecule has 0 aliphatic rings. The maximum atomic E-state index is 10.2. The zero-order chi connectivity index (χ0) is 20.1. The molecule has 0 amide bonds. The number of phenolic OH excluding ortho intramolecular Hbond substituents is 1. The van der Waals surface area contributed by atoms with Crippen molar-refractivity contribution in [1.82, 2.24) is 15.0 Å². The van der Waals surface area contributed by atoms with Crippen LogP contribution < -0.4 is 0 Å². The lowest BCUT2D eigenvalue weighted by Gasteiger charge is -2.08. The third-order valence-corrected chi connectivity index (χ3v) is 3.98. The Morgan fingerprint density at radius 3 is 2.36 bits per heavy atom. The third kappa shape index (κ3) is 4.01. The summed E-state index contributed by atoms with van der Waals surface area (Å²) in [4.78, 5) is 0. The molecule has 0 saturated carbocycles. The Hall–Kier alpha value is -3.68. The Morgan fingerprint density at radius 1 is 1.00 bits per heavy atom. The van der Waals surface area contributed by atoms with Crippen LogP contribution in [-0.4, -0.2) is 45.1 Å². The minimum Gasteiger partial charge on any atom is -0.506 e. The van der Waals surface area contributed by atoms with Gasteiger partial charge in [0.25, 0.3) is 0 Å². The normalized spacial score (nSPS) is 10.5. The highest BCUT2D eigenvalue weighted by Crippen LogP contribution is 2.25. The van der Waals surface area contributed by atoms with Crippen LogP contribution in [0.15, 0.2) is 48.7 Å². The van der Waals surface area contributed by atoms with Gasteiger partial charge >= 0.3 is 0 Å². The van der Waals surface area contributed by atoms with Crippen LogP contribution in [-0.2, 0) is 9.47 Å². The van der Waals surface area contributed by atoms with Gasteiger partial charge in [0.2, 0.25) is 11.8 Å². The molecule has 0 aliphatic carbocycles. The molecular weight excluding hydrogens is 358 g/mol. The van der Waals surface area contributed by atoms with Gasteiger partial charge in [-0.05, 0) is 44.2 Å². The largest absolute Gasteiger partial charge is 0.506 e. The van der Waals surface area contributed by atoms with Crippen molar-refractivity contribution in [2.45, 2.75) is 13.8 Å². The first-order valence-corrected chi connectivity index (χ1v) is 8.83. The van der Waals surface area contributed by atoms with Crippen molar-refractivity contribution in [2.24, 2.45) is 0 Å². The Labute approximate surface area is 162 Å². The molecule has 3 aromatic rings. The van der Waals surface area contributed by atoms with Crippen LogP contribution in [0.25, 0.3) is 16.9 Å². The lowest BCUT2D eigenvalue weighted by atomic mass is 10.1. The number of nitrogens with one attached hydrogen (secondary N) is 2. The van der Waals surface area contributed by atoms with E-state index in [1.165, 1.54) is 10.7 Å². The number of aromatic hydroxyl groups is 1. The number of nitrogens with zero attached hydrogens (tertiary/aromatic N) is 3. The molecule has 3 N–H and O–H groups in total. The first kappa shape index (κ1) is 19.1. The first-order valence-electron chi connectivity index (χ1n) is 8.83. The zero-order valence-corrected chi connectivity index (χ0v) is 15.6. The number of rotatable bonds is 6. The summed E-state index contributed by atoms with van der Waals surface area (Å²) in [7, 11) is 0. The predicted molar refractivity (Wildman–Crippen MR) is 105 cm³/mol. The number of benzene rings is 2. The van der Waals surface area contributed by atoms with Gasteiger partial charge in [0.05, 0.1) is 19.4 Å². The minimum absolute atomic E-state index is 0.0105. The molecule has 28 heavy (non-hydrogen) atoms. The monoisotopic (exact) mass is 379 g/mol. The summed E-state index contributed by atoms with van der Waals surface area (Å²) >= 11 is 0. The van der Waals surface area contributed by atoms with E-state index in [4.69, 9.17) is 20.3 Å². The van der Waals surface area contributed by atoms with Gasteiger partial charge in [-0.2, -0.15) is 0 Å². The Morgan fingerprint density at radius 2 is 1.68 bits per heavy atom. The quantitative estimate of drug-likeness (QED) is 0.448. The highest BCUT2D eigenvalue weighted by atomic mass is 16.5. The summed E-state index contributed by atoms with van der Waals surface area (Å²) in [5.74, 6) is 0.124. The molecule has 0 radical (unpaired) electrons. The highest BCUT2D eigenvalue weighted by molar-refractivity contribution is 5.93. The Bertz CT molecular complexity index is 1010. The molecular formula is C20H21N5O3. The summed E-state index contributed by atoms with van der Waals surface area (Å²) in [6, 6.07) is 12.0. The molecule has 8 nitrogen and oxygen atoms in total. The highest BCUT2D eigenvalue weighted by Gasteiger charge is 2.13. The van der Waals surface area contributed by atoms with Crippen molar-refractivity contribution in [1.29, 1.82) is 10.8 Å². The Balaban J connectivity index is 1.93. The van der Waals surface area contributed by atoms with Gasteiger partial charge in [0.15, 0.2) is 0 Å². The fourth-order valence-corrected chi connectivity index (χ4v) is 2.64. The first-order chi connectivity index (χ1) is 13.5. The average molecular weight is 379 g/mol. The van der Waals surface area contributed by atoms with Gasteiger partial charge in [0, 0.05) is 16.7 Å². The van der Waals surface area contributed by atoms with E-state index in [-0.39, 0.29) is 17.5 Å². The summed E-state index contributed by atoms with van der Waals surface area (Å²) in [6.45, 7) is 4.44. The van der Waals surface area contributed by atoms with Crippen LogP contribution in [0.3, 0.4) is 0 Å². The maximum Gasteiger partial charge on any atom is 0.213 e. The molecule has 2 aromatic carbocycles. The summed E-state index contributed by atoms with van der Waals surface area (Å²) < 4.78 is 11.9. The zero-order valence-electron chi connectivity index (χ0n) is 15.6. The second-order valence-electron chi connectivity index (χ2n) is 5.86. The van der Waals surface area contributed by atoms with Gasteiger partial charge in [-0.25, -0.2) is 4.68 Å². The molecule has 1 heterocycles. The van der Waals surface area contributed by atoms with E-state index in [1.807, 2.05) is 19.1 Å². The van der Waals surface area contributed by atoms with Gasteiger partial charge in [-0.15, -0.1) is 5.10 Å². The molecule has 0 unspecified atom stereocenters. The molecule has 0 bridgehead atoms. The number of phenols is 1. The standard InChI is InChI=1S/C20H21N5O3/c1-3-27-19(21)14-7-5-6-13(10-14)16-12-25(24-23-16)17-11-15(8-9-18(17)26)20(22)28-4-2/h5-12,21-22,26H,3-4H2,1-2H3.